The van der Waals surface area contributed by atoms with Crippen molar-refractivity contribution in [1.82, 2.24) is 24.2 Å². The number of nitriles is 1. The summed E-state index contributed by atoms with van der Waals surface area (Å²) in [6.45, 7) is 7.94. The Morgan fingerprint density at radius 2 is 2.03 bits per heavy atom. The predicted molar refractivity (Wildman–Crippen MR) is 141 cm³/mol. The molecule has 0 saturated carbocycles. The van der Waals surface area contributed by atoms with Crippen molar-refractivity contribution in [3.05, 3.63) is 51.6 Å². The number of hydrogen-bond acceptors (Lipinski definition) is 7. The first-order valence-electron chi connectivity index (χ1n) is 12.4. The molecule has 0 amide bonds. The van der Waals surface area contributed by atoms with Crippen LogP contribution in [-0.4, -0.2) is 49.4 Å². The van der Waals surface area contributed by atoms with Gasteiger partial charge in [-0.05, 0) is 25.8 Å². The lowest BCUT2D eigenvalue weighted by molar-refractivity contribution is 0.0995. The standard InChI is InChI=1S/C26H30FN7OS/c1-5-17-13-34(21-11-23(35)31(4)22-14-32(10-9-28)30-25(21)22)18(6-2)12-33(17)16(3)19-7-8-20-26(24(19)27)36-15-29-20/h7-8,11,14-18H,5-6,10,12-13H2,1-4H3/t16-,17-,18+/m1/s1. The van der Waals surface area contributed by atoms with Gasteiger partial charge in [0.05, 0.1) is 39.2 Å². The SMILES string of the molecule is CC[C@H]1CN([C@H](C)c2ccc3ncsc3c2F)[C@H](CC)CN1c1cc(=O)n(C)c2cn(CC#N)nc12. The largest absolute Gasteiger partial charge is 0.364 e. The smallest absolute Gasteiger partial charge is 0.252 e. The van der Waals surface area contributed by atoms with E-state index in [1.54, 1.807) is 34.1 Å². The zero-order chi connectivity index (χ0) is 25.6. The van der Waals surface area contributed by atoms with Gasteiger partial charge in [0.25, 0.3) is 5.56 Å². The molecule has 1 saturated heterocycles. The van der Waals surface area contributed by atoms with E-state index in [0.29, 0.717) is 27.8 Å². The van der Waals surface area contributed by atoms with E-state index in [9.17, 15) is 4.79 Å². The van der Waals surface area contributed by atoms with Crippen LogP contribution in [0.25, 0.3) is 21.3 Å². The maximum absolute atomic E-state index is 15.4. The second-order valence-electron chi connectivity index (χ2n) is 9.46. The van der Waals surface area contributed by atoms with Gasteiger partial charge < -0.3 is 9.47 Å². The fourth-order valence-electron chi connectivity index (χ4n) is 5.48. The van der Waals surface area contributed by atoms with Gasteiger partial charge in [0.15, 0.2) is 0 Å². The third kappa shape index (κ3) is 3.96. The van der Waals surface area contributed by atoms with Crippen molar-refractivity contribution in [3.63, 3.8) is 0 Å². The highest BCUT2D eigenvalue weighted by atomic mass is 32.1. The molecule has 0 aliphatic carbocycles. The predicted octanol–water partition coefficient (Wildman–Crippen LogP) is 4.45. The number of benzene rings is 1. The van der Waals surface area contributed by atoms with Crippen LogP contribution in [0.5, 0.6) is 0 Å². The highest BCUT2D eigenvalue weighted by molar-refractivity contribution is 7.16. The van der Waals surface area contributed by atoms with E-state index in [-0.39, 0.29) is 36.0 Å². The minimum absolute atomic E-state index is 0.101. The van der Waals surface area contributed by atoms with Gasteiger partial charge in [0, 0.05) is 49.9 Å². The Morgan fingerprint density at radius 3 is 2.75 bits per heavy atom. The summed E-state index contributed by atoms with van der Waals surface area (Å²) in [6.07, 6.45) is 3.52. The van der Waals surface area contributed by atoms with Crippen molar-refractivity contribution in [2.45, 2.75) is 58.3 Å². The molecule has 0 spiro atoms. The minimum Gasteiger partial charge on any atom is -0.364 e. The highest BCUT2D eigenvalue weighted by Gasteiger charge is 2.37. The molecular formula is C26H30FN7OS. The molecule has 0 N–H and O–H groups in total. The maximum atomic E-state index is 15.4. The van der Waals surface area contributed by atoms with Crippen molar-refractivity contribution in [3.8, 4) is 6.07 Å². The topological polar surface area (TPSA) is 83.0 Å². The molecule has 0 unspecified atom stereocenters. The van der Waals surface area contributed by atoms with E-state index >= 15 is 4.39 Å². The number of hydrogen-bond donors (Lipinski definition) is 0. The molecule has 1 aliphatic heterocycles. The van der Waals surface area contributed by atoms with Crippen molar-refractivity contribution in [2.75, 3.05) is 18.0 Å². The van der Waals surface area contributed by atoms with Crippen LogP contribution in [0.3, 0.4) is 0 Å². The molecule has 4 aromatic rings. The summed E-state index contributed by atoms with van der Waals surface area (Å²) in [5, 5.41) is 13.8. The van der Waals surface area contributed by atoms with E-state index in [1.165, 1.54) is 11.3 Å². The molecule has 0 bridgehead atoms. The number of fused-ring (bicyclic) bond motifs is 2. The second kappa shape index (κ2) is 9.64. The molecule has 4 heterocycles. The molecule has 36 heavy (non-hydrogen) atoms. The van der Waals surface area contributed by atoms with Gasteiger partial charge in [0.2, 0.25) is 0 Å². The quantitative estimate of drug-likeness (QED) is 0.384. The van der Waals surface area contributed by atoms with Gasteiger partial charge in [-0.15, -0.1) is 11.3 Å². The molecule has 8 nitrogen and oxygen atoms in total. The van der Waals surface area contributed by atoms with Gasteiger partial charge in [-0.1, -0.05) is 19.9 Å². The number of halogens is 1. The minimum atomic E-state index is -0.177. The summed E-state index contributed by atoms with van der Waals surface area (Å²) in [6, 6.07) is 7.75. The van der Waals surface area contributed by atoms with Crippen LogP contribution in [0, 0.1) is 17.1 Å². The average molecular weight is 508 g/mol. The Balaban J connectivity index is 1.53. The lowest BCUT2D eigenvalue weighted by Gasteiger charge is -2.49. The van der Waals surface area contributed by atoms with E-state index in [4.69, 9.17) is 5.26 Å². The zero-order valence-electron chi connectivity index (χ0n) is 21.0. The number of rotatable bonds is 6. The summed E-state index contributed by atoms with van der Waals surface area (Å²) < 4.78 is 19.2. The number of piperazine rings is 1. The van der Waals surface area contributed by atoms with E-state index in [0.717, 1.165) is 30.6 Å². The first-order valence-corrected chi connectivity index (χ1v) is 13.2. The highest BCUT2D eigenvalue weighted by Crippen LogP contribution is 2.36. The average Bonchev–Trinajstić information content (AvgIpc) is 3.53. The summed E-state index contributed by atoms with van der Waals surface area (Å²) >= 11 is 1.34. The fraction of sp³-hybridized carbons (Fsp3) is 0.462. The van der Waals surface area contributed by atoms with Crippen molar-refractivity contribution >= 4 is 38.3 Å². The van der Waals surface area contributed by atoms with Crippen molar-refractivity contribution in [2.24, 2.45) is 7.05 Å². The molecule has 1 aromatic carbocycles. The van der Waals surface area contributed by atoms with Crippen LogP contribution in [0.4, 0.5) is 10.1 Å². The van der Waals surface area contributed by atoms with E-state index in [1.807, 2.05) is 12.1 Å². The van der Waals surface area contributed by atoms with Crippen LogP contribution in [0.2, 0.25) is 0 Å². The molecule has 3 atom stereocenters. The molecule has 1 fully saturated rings. The normalized spacial score (nSPS) is 19.7. The number of anilines is 1. The van der Waals surface area contributed by atoms with E-state index in [2.05, 4.69) is 46.7 Å². The Morgan fingerprint density at radius 1 is 1.25 bits per heavy atom. The van der Waals surface area contributed by atoms with Crippen LogP contribution < -0.4 is 10.5 Å². The molecular weight excluding hydrogens is 477 g/mol. The number of aryl methyl sites for hydroxylation is 1. The first-order chi connectivity index (χ1) is 17.4. The van der Waals surface area contributed by atoms with E-state index < -0.39 is 0 Å². The molecule has 3 aromatic heterocycles. The molecule has 1 aliphatic rings. The van der Waals surface area contributed by atoms with Crippen LogP contribution >= 0.6 is 11.3 Å². The molecule has 188 valence electrons. The molecule has 5 rings (SSSR count). The number of pyridine rings is 1. The Bertz CT molecular complexity index is 1520. The maximum Gasteiger partial charge on any atom is 0.252 e. The fourth-order valence-corrected chi connectivity index (χ4v) is 6.21. The summed E-state index contributed by atoms with van der Waals surface area (Å²) in [5.74, 6) is -0.177. The van der Waals surface area contributed by atoms with Crippen LogP contribution in [0.15, 0.2) is 34.7 Å². The van der Waals surface area contributed by atoms with Gasteiger partial charge in [0.1, 0.15) is 17.9 Å². The number of nitrogens with zero attached hydrogens (tertiary/aromatic N) is 7. The zero-order valence-corrected chi connectivity index (χ0v) is 21.8. The number of aromatic nitrogens is 4. The summed E-state index contributed by atoms with van der Waals surface area (Å²) in [7, 11) is 1.73. The van der Waals surface area contributed by atoms with Crippen molar-refractivity contribution < 1.29 is 4.39 Å². The van der Waals surface area contributed by atoms with Gasteiger partial charge >= 0.3 is 0 Å². The van der Waals surface area contributed by atoms with Crippen LogP contribution in [-0.2, 0) is 13.6 Å². The lowest BCUT2D eigenvalue weighted by atomic mass is 9.96. The van der Waals surface area contributed by atoms with Gasteiger partial charge in [-0.25, -0.2) is 9.37 Å². The Kier molecular flexibility index (Phi) is 6.53. The third-order valence-electron chi connectivity index (χ3n) is 7.58. The van der Waals surface area contributed by atoms with Crippen LogP contribution in [0.1, 0.15) is 45.2 Å². The Hall–Kier alpha value is -3.29. The van der Waals surface area contributed by atoms with Crippen molar-refractivity contribution in [1.29, 1.82) is 5.26 Å². The second-order valence-corrected chi connectivity index (χ2v) is 10.3. The summed E-state index contributed by atoms with van der Waals surface area (Å²) in [5.41, 5.74) is 5.22. The number of thiazole rings is 1. The molecule has 0 radical (unpaired) electrons. The van der Waals surface area contributed by atoms with Gasteiger partial charge in [-0.2, -0.15) is 10.4 Å². The first kappa shape index (κ1) is 24.4. The summed E-state index contributed by atoms with van der Waals surface area (Å²) in [4.78, 5) is 21.8. The lowest BCUT2D eigenvalue weighted by Crippen LogP contribution is -2.59. The monoisotopic (exact) mass is 507 g/mol. The molecule has 10 heteroatoms. The van der Waals surface area contributed by atoms with Gasteiger partial charge in [-0.3, -0.25) is 14.4 Å². The third-order valence-corrected chi connectivity index (χ3v) is 8.41. The Labute approximate surface area is 213 Å².